The zero-order valence-electron chi connectivity index (χ0n) is 19.5. The Morgan fingerprint density at radius 3 is 2.18 bits per heavy atom. The van der Waals surface area contributed by atoms with E-state index in [0.717, 1.165) is 26.7 Å². The Morgan fingerprint density at radius 1 is 0.879 bits per heavy atom. The third-order valence-electron chi connectivity index (χ3n) is 5.28. The van der Waals surface area contributed by atoms with Gasteiger partial charge < -0.3 is 10.1 Å². The first kappa shape index (κ1) is 24.3. The number of nitrogens with one attached hydrogen (secondary N) is 1. The molecule has 0 unspecified atom stereocenters. The van der Waals surface area contributed by atoms with Crippen molar-refractivity contribution in [2.75, 3.05) is 24.0 Å². The van der Waals surface area contributed by atoms with Gasteiger partial charge in [0.2, 0.25) is 5.91 Å². The summed E-state index contributed by atoms with van der Waals surface area (Å²) in [6, 6.07) is 19.5. The highest BCUT2D eigenvalue weighted by atomic mass is 32.2. The van der Waals surface area contributed by atoms with Gasteiger partial charge in [0.25, 0.3) is 10.0 Å². The molecule has 0 aliphatic heterocycles. The Morgan fingerprint density at radius 2 is 1.55 bits per heavy atom. The van der Waals surface area contributed by atoms with Gasteiger partial charge in [-0.3, -0.25) is 9.10 Å². The number of sulfonamides is 1. The van der Waals surface area contributed by atoms with E-state index < -0.39 is 15.9 Å². The molecule has 0 saturated heterocycles. The van der Waals surface area contributed by atoms with Crippen LogP contribution in [-0.2, 0) is 14.8 Å². The van der Waals surface area contributed by atoms with Gasteiger partial charge in [-0.25, -0.2) is 8.42 Å². The number of benzene rings is 3. The summed E-state index contributed by atoms with van der Waals surface area (Å²) in [4.78, 5) is 12.8. The van der Waals surface area contributed by atoms with Crippen LogP contribution in [0.15, 0.2) is 71.6 Å². The molecule has 0 aliphatic carbocycles. The van der Waals surface area contributed by atoms with Crippen LogP contribution in [0.4, 0.5) is 5.69 Å². The maximum Gasteiger partial charge on any atom is 0.264 e. The minimum Gasteiger partial charge on any atom is -0.492 e. The first-order valence-electron chi connectivity index (χ1n) is 10.8. The van der Waals surface area contributed by atoms with Gasteiger partial charge in [-0.05, 0) is 86.3 Å². The lowest BCUT2D eigenvalue weighted by Crippen LogP contribution is -2.42. The molecule has 0 bridgehead atoms. The van der Waals surface area contributed by atoms with E-state index in [4.69, 9.17) is 4.74 Å². The van der Waals surface area contributed by atoms with Crippen molar-refractivity contribution >= 4 is 21.6 Å². The number of nitrogens with zero attached hydrogens (tertiary/aromatic N) is 1. The second-order valence-corrected chi connectivity index (χ2v) is 9.98. The number of rotatable bonds is 9. The molecule has 0 aromatic heterocycles. The molecule has 0 heterocycles. The number of anilines is 1. The molecule has 33 heavy (non-hydrogen) atoms. The largest absolute Gasteiger partial charge is 0.492 e. The maximum atomic E-state index is 13.4. The van der Waals surface area contributed by atoms with Crippen LogP contribution < -0.4 is 14.4 Å². The number of aryl methyl sites for hydroxylation is 4. The molecule has 3 rings (SSSR count). The Hall–Kier alpha value is -3.32. The van der Waals surface area contributed by atoms with E-state index in [1.165, 1.54) is 17.7 Å². The van der Waals surface area contributed by atoms with Gasteiger partial charge in [0.1, 0.15) is 18.9 Å². The van der Waals surface area contributed by atoms with E-state index >= 15 is 0 Å². The first-order valence-corrected chi connectivity index (χ1v) is 12.2. The van der Waals surface area contributed by atoms with Crippen molar-refractivity contribution in [3.05, 3.63) is 89.0 Å². The predicted molar refractivity (Wildman–Crippen MR) is 131 cm³/mol. The lowest BCUT2D eigenvalue weighted by molar-refractivity contribution is -0.119. The number of amides is 1. The molecule has 0 radical (unpaired) electrons. The minimum absolute atomic E-state index is 0.134. The molecule has 174 valence electrons. The van der Waals surface area contributed by atoms with Crippen molar-refractivity contribution in [1.29, 1.82) is 0 Å². The number of ether oxygens (including phenoxy) is 1. The van der Waals surface area contributed by atoms with Crippen LogP contribution in [0.3, 0.4) is 0 Å². The Labute approximate surface area is 196 Å². The molecule has 7 heteroatoms. The molecule has 3 aromatic rings. The van der Waals surface area contributed by atoms with E-state index in [2.05, 4.69) is 5.32 Å². The zero-order chi connectivity index (χ0) is 24.0. The molecular formula is C26H30N2O4S. The summed E-state index contributed by atoms with van der Waals surface area (Å²) >= 11 is 0. The third-order valence-corrected chi connectivity index (χ3v) is 7.07. The highest BCUT2D eigenvalue weighted by Gasteiger charge is 2.27. The van der Waals surface area contributed by atoms with Crippen molar-refractivity contribution in [3.8, 4) is 5.75 Å². The summed E-state index contributed by atoms with van der Waals surface area (Å²) < 4.78 is 33.6. The molecule has 3 aromatic carbocycles. The van der Waals surface area contributed by atoms with E-state index in [1.807, 2.05) is 52.0 Å². The standard InChI is InChI=1S/C26H30N2O4S/c1-19-14-20(2)16-23(15-19)28(33(30,31)25-8-6-5-7-9-25)18-26(29)27-12-13-32-24-11-10-21(3)22(4)17-24/h5-11,14-17H,12-13,18H2,1-4H3,(H,27,29). The van der Waals surface area contributed by atoms with Gasteiger partial charge in [-0.2, -0.15) is 0 Å². The highest BCUT2D eigenvalue weighted by Crippen LogP contribution is 2.25. The van der Waals surface area contributed by atoms with Gasteiger partial charge in [-0.1, -0.05) is 30.3 Å². The number of carbonyl (C=O) groups excluding carboxylic acids is 1. The second-order valence-electron chi connectivity index (χ2n) is 8.12. The summed E-state index contributed by atoms with van der Waals surface area (Å²) in [5, 5.41) is 2.76. The van der Waals surface area contributed by atoms with Gasteiger partial charge in [0.05, 0.1) is 17.1 Å². The molecule has 0 aliphatic rings. The number of carbonyl (C=O) groups is 1. The van der Waals surface area contributed by atoms with E-state index in [9.17, 15) is 13.2 Å². The molecule has 0 atom stereocenters. The predicted octanol–water partition coefficient (Wildman–Crippen LogP) is 4.31. The van der Waals surface area contributed by atoms with Crippen molar-refractivity contribution in [3.63, 3.8) is 0 Å². The molecule has 1 amide bonds. The Kier molecular flexibility index (Phi) is 7.76. The van der Waals surface area contributed by atoms with E-state index in [0.29, 0.717) is 5.69 Å². The minimum atomic E-state index is -3.92. The van der Waals surface area contributed by atoms with Gasteiger partial charge in [-0.15, -0.1) is 0 Å². The monoisotopic (exact) mass is 466 g/mol. The molecular weight excluding hydrogens is 436 g/mol. The third kappa shape index (κ3) is 6.35. The van der Waals surface area contributed by atoms with Crippen LogP contribution in [0.1, 0.15) is 22.3 Å². The summed E-state index contributed by atoms with van der Waals surface area (Å²) in [6.45, 7) is 8.05. The van der Waals surface area contributed by atoms with Gasteiger partial charge >= 0.3 is 0 Å². The van der Waals surface area contributed by atoms with Crippen molar-refractivity contribution < 1.29 is 17.9 Å². The Balaban J connectivity index is 1.71. The zero-order valence-corrected chi connectivity index (χ0v) is 20.3. The average molecular weight is 467 g/mol. The van der Waals surface area contributed by atoms with Crippen LogP contribution in [0.2, 0.25) is 0 Å². The lowest BCUT2D eigenvalue weighted by Gasteiger charge is -2.25. The molecule has 6 nitrogen and oxygen atoms in total. The fraction of sp³-hybridized carbons (Fsp3) is 0.269. The van der Waals surface area contributed by atoms with Crippen molar-refractivity contribution in [2.45, 2.75) is 32.6 Å². The van der Waals surface area contributed by atoms with Gasteiger partial charge in [0, 0.05) is 0 Å². The average Bonchev–Trinajstić information content (AvgIpc) is 2.77. The first-order chi connectivity index (χ1) is 15.7. The Bertz CT molecular complexity index is 1200. The van der Waals surface area contributed by atoms with E-state index in [1.54, 1.807) is 30.3 Å². The summed E-state index contributed by atoms with van der Waals surface area (Å²) in [7, 11) is -3.92. The normalized spacial score (nSPS) is 11.2. The number of hydrogen-bond acceptors (Lipinski definition) is 4. The van der Waals surface area contributed by atoms with Gasteiger partial charge in [0.15, 0.2) is 0 Å². The fourth-order valence-corrected chi connectivity index (χ4v) is 4.90. The molecule has 1 N–H and O–H groups in total. The number of hydrogen-bond donors (Lipinski definition) is 1. The van der Waals surface area contributed by atoms with Crippen LogP contribution in [0, 0.1) is 27.7 Å². The van der Waals surface area contributed by atoms with E-state index in [-0.39, 0.29) is 24.6 Å². The maximum absolute atomic E-state index is 13.4. The summed E-state index contributed by atoms with van der Waals surface area (Å²) in [6.07, 6.45) is 0. The SMILES string of the molecule is Cc1cc(C)cc(N(CC(=O)NCCOc2ccc(C)c(C)c2)S(=O)(=O)c2ccccc2)c1. The van der Waals surface area contributed by atoms with Crippen LogP contribution >= 0.6 is 0 Å². The summed E-state index contributed by atoms with van der Waals surface area (Å²) in [5.74, 6) is 0.327. The smallest absolute Gasteiger partial charge is 0.264 e. The topological polar surface area (TPSA) is 75.7 Å². The quantitative estimate of drug-likeness (QED) is 0.477. The summed E-state index contributed by atoms with van der Waals surface area (Å²) in [5.41, 5.74) is 4.60. The van der Waals surface area contributed by atoms with Crippen molar-refractivity contribution in [1.82, 2.24) is 5.32 Å². The van der Waals surface area contributed by atoms with Crippen molar-refractivity contribution in [2.24, 2.45) is 0 Å². The molecule has 0 saturated carbocycles. The molecule has 0 fully saturated rings. The van der Waals surface area contributed by atoms with Crippen LogP contribution in [-0.4, -0.2) is 34.0 Å². The second kappa shape index (κ2) is 10.5. The van der Waals surface area contributed by atoms with Crippen LogP contribution in [0.5, 0.6) is 5.75 Å². The molecule has 0 spiro atoms. The van der Waals surface area contributed by atoms with Crippen LogP contribution in [0.25, 0.3) is 0 Å². The lowest BCUT2D eigenvalue weighted by atomic mass is 10.1. The highest BCUT2D eigenvalue weighted by molar-refractivity contribution is 7.92. The fourth-order valence-electron chi connectivity index (χ4n) is 3.48.